The first-order chi connectivity index (χ1) is 19.6. The third-order valence-corrected chi connectivity index (χ3v) is 8.30. The molecule has 1 amide bonds. The molecule has 5 rings (SSSR count). The van der Waals surface area contributed by atoms with Crippen molar-refractivity contribution in [2.45, 2.75) is 32.1 Å². The lowest BCUT2D eigenvalue weighted by atomic mass is 9.83. The summed E-state index contributed by atoms with van der Waals surface area (Å²) in [4.78, 5) is 18.6. The number of fused-ring (bicyclic) bond motifs is 1. The van der Waals surface area contributed by atoms with Gasteiger partial charge >= 0.3 is 6.18 Å². The number of amides is 1. The largest absolute Gasteiger partial charge is 0.435 e. The van der Waals surface area contributed by atoms with E-state index in [0.717, 1.165) is 16.1 Å². The molecular formula is C31H28F3N5OS. The smallest absolute Gasteiger partial charge is 0.370 e. The number of likely N-dealkylation sites (N-methyl/N-ethyl adjacent to an activating group) is 1. The van der Waals surface area contributed by atoms with Gasteiger partial charge in [-0.25, -0.2) is 0 Å². The molecule has 0 radical (unpaired) electrons. The SMILES string of the molecule is C=C(CN(C)c1ccccc1)C(=O)N1Cc2sc(C#N)cc2[C@H](c2ccccc2-c2cn(CC)nc2C(F)(F)F)C1. The number of benzene rings is 2. The molecule has 41 heavy (non-hydrogen) atoms. The van der Waals surface area contributed by atoms with Crippen LogP contribution in [0, 0.1) is 11.3 Å². The van der Waals surface area contributed by atoms with Gasteiger partial charge in [0.2, 0.25) is 0 Å². The first-order valence-electron chi connectivity index (χ1n) is 13.1. The highest BCUT2D eigenvalue weighted by Gasteiger charge is 2.39. The molecule has 3 heterocycles. The average Bonchev–Trinajstić information content (AvgIpc) is 3.61. The molecule has 0 unspecified atom stereocenters. The molecule has 1 atom stereocenters. The van der Waals surface area contributed by atoms with Gasteiger partial charge in [-0.3, -0.25) is 9.48 Å². The quantitative estimate of drug-likeness (QED) is 0.231. The summed E-state index contributed by atoms with van der Waals surface area (Å²) >= 11 is 1.30. The van der Waals surface area contributed by atoms with Crippen LogP contribution < -0.4 is 4.90 Å². The highest BCUT2D eigenvalue weighted by Crippen LogP contribution is 2.44. The van der Waals surface area contributed by atoms with Crippen LogP contribution in [-0.2, 0) is 24.1 Å². The first kappa shape index (κ1) is 28.2. The van der Waals surface area contributed by atoms with Crippen molar-refractivity contribution < 1.29 is 18.0 Å². The molecule has 0 saturated carbocycles. The lowest BCUT2D eigenvalue weighted by Crippen LogP contribution is -2.40. The third kappa shape index (κ3) is 5.63. The second-order valence-corrected chi connectivity index (χ2v) is 11.1. The highest BCUT2D eigenvalue weighted by molar-refractivity contribution is 7.12. The Bertz CT molecular complexity index is 1630. The lowest BCUT2D eigenvalue weighted by molar-refractivity contribution is -0.141. The van der Waals surface area contributed by atoms with Crippen molar-refractivity contribution in [3.8, 4) is 17.2 Å². The maximum Gasteiger partial charge on any atom is 0.435 e. The standard InChI is InChI=1S/C31H28F3N5OS/c1-4-39-18-27(29(36-39)31(32,33)34)24-13-9-8-12-23(24)26-17-38(19-28-25(26)14-22(15-35)41-28)30(40)20(2)16-37(3)21-10-6-5-7-11-21/h5-14,18,26H,2,4,16-17,19H2,1,3H3/t26-/m0/s1. The summed E-state index contributed by atoms with van der Waals surface area (Å²) in [5.74, 6) is -0.675. The molecule has 0 fully saturated rings. The summed E-state index contributed by atoms with van der Waals surface area (Å²) in [6.45, 7) is 6.94. The zero-order valence-electron chi connectivity index (χ0n) is 22.7. The number of rotatable bonds is 7. The van der Waals surface area contributed by atoms with Gasteiger partial charge in [-0.2, -0.15) is 23.5 Å². The molecule has 2 aromatic carbocycles. The fourth-order valence-electron chi connectivity index (χ4n) is 5.28. The number of aromatic nitrogens is 2. The van der Waals surface area contributed by atoms with E-state index in [-0.39, 0.29) is 24.6 Å². The molecule has 4 aromatic rings. The summed E-state index contributed by atoms with van der Waals surface area (Å²) in [5, 5.41) is 13.4. The fraction of sp³-hybridized carbons (Fsp3) is 0.258. The second-order valence-electron chi connectivity index (χ2n) is 9.97. The van der Waals surface area contributed by atoms with Crippen LogP contribution >= 0.6 is 11.3 Å². The van der Waals surface area contributed by atoms with Crippen molar-refractivity contribution in [1.82, 2.24) is 14.7 Å². The molecule has 10 heteroatoms. The number of para-hydroxylation sites is 1. The van der Waals surface area contributed by atoms with Crippen molar-refractivity contribution >= 4 is 22.9 Å². The molecule has 6 nitrogen and oxygen atoms in total. The topological polar surface area (TPSA) is 65.2 Å². The number of aryl methyl sites for hydroxylation is 1. The Morgan fingerprint density at radius 3 is 2.54 bits per heavy atom. The predicted octanol–water partition coefficient (Wildman–Crippen LogP) is 6.69. The van der Waals surface area contributed by atoms with Gasteiger partial charge in [-0.05, 0) is 41.8 Å². The number of nitrogens with zero attached hydrogens (tertiary/aromatic N) is 5. The minimum atomic E-state index is -4.64. The van der Waals surface area contributed by atoms with Crippen molar-refractivity contribution in [2.24, 2.45) is 0 Å². The van der Waals surface area contributed by atoms with Gasteiger partial charge in [0, 0.05) is 60.5 Å². The van der Waals surface area contributed by atoms with Crippen LogP contribution in [0.25, 0.3) is 11.1 Å². The van der Waals surface area contributed by atoms with Gasteiger partial charge in [0.1, 0.15) is 10.9 Å². The van der Waals surface area contributed by atoms with Crippen LogP contribution in [0.1, 0.15) is 39.4 Å². The average molecular weight is 576 g/mol. The van der Waals surface area contributed by atoms with E-state index >= 15 is 0 Å². The fourth-order valence-corrected chi connectivity index (χ4v) is 6.32. The monoisotopic (exact) mass is 575 g/mol. The van der Waals surface area contributed by atoms with Gasteiger partial charge in [-0.1, -0.05) is 49.0 Å². The van der Waals surface area contributed by atoms with E-state index in [1.165, 1.54) is 22.2 Å². The van der Waals surface area contributed by atoms with Crippen molar-refractivity contribution in [3.05, 3.63) is 106 Å². The zero-order valence-corrected chi connectivity index (χ0v) is 23.5. The van der Waals surface area contributed by atoms with Crippen LogP contribution in [0.4, 0.5) is 18.9 Å². The van der Waals surface area contributed by atoms with Crippen LogP contribution in [0.5, 0.6) is 0 Å². The van der Waals surface area contributed by atoms with Crippen molar-refractivity contribution in [3.63, 3.8) is 0 Å². The molecule has 0 bridgehead atoms. The molecule has 0 aliphatic carbocycles. The maximum absolute atomic E-state index is 14.1. The Labute approximate surface area is 240 Å². The van der Waals surface area contributed by atoms with E-state index in [2.05, 4.69) is 17.7 Å². The highest BCUT2D eigenvalue weighted by atomic mass is 32.1. The van der Waals surface area contributed by atoms with Gasteiger partial charge in [0.05, 0.1) is 6.54 Å². The number of anilines is 1. The van der Waals surface area contributed by atoms with E-state index in [9.17, 15) is 23.2 Å². The minimum absolute atomic E-state index is 0.00965. The number of alkyl halides is 3. The summed E-state index contributed by atoms with van der Waals surface area (Å²) in [5.41, 5.74) is 2.28. The maximum atomic E-state index is 14.1. The van der Waals surface area contributed by atoms with E-state index in [1.807, 2.05) is 42.3 Å². The number of carbonyl (C=O) groups is 1. The van der Waals surface area contributed by atoms with Gasteiger partial charge in [-0.15, -0.1) is 11.3 Å². The van der Waals surface area contributed by atoms with Gasteiger partial charge in [0.25, 0.3) is 5.91 Å². The van der Waals surface area contributed by atoms with Crippen LogP contribution in [0.3, 0.4) is 0 Å². The zero-order chi connectivity index (χ0) is 29.3. The Kier molecular flexibility index (Phi) is 7.74. The number of nitriles is 1. The molecule has 210 valence electrons. The van der Waals surface area contributed by atoms with Crippen molar-refractivity contribution in [1.29, 1.82) is 5.26 Å². The molecule has 0 N–H and O–H groups in total. The minimum Gasteiger partial charge on any atom is -0.370 e. The Morgan fingerprint density at radius 1 is 1.15 bits per heavy atom. The van der Waals surface area contributed by atoms with Crippen LogP contribution in [-0.4, -0.2) is 40.7 Å². The van der Waals surface area contributed by atoms with Gasteiger partial charge in [0.15, 0.2) is 5.69 Å². The molecule has 2 aromatic heterocycles. The number of hydrogen-bond acceptors (Lipinski definition) is 5. The summed E-state index contributed by atoms with van der Waals surface area (Å²) < 4.78 is 43.4. The summed E-state index contributed by atoms with van der Waals surface area (Å²) in [7, 11) is 1.88. The first-order valence-corrected chi connectivity index (χ1v) is 13.9. The Morgan fingerprint density at radius 2 is 1.85 bits per heavy atom. The molecule has 1 aliphatic heterocycles. The Hall–Kier alpha value is -4.36. The Balaban J connectivity index is 1.52. The lowest BCUT2D eigenvalue weighted by Gasteiger charge is -2.35. The van der Waals surface area contributed by atoms with E-state index < -0.39 is 17.8 Å². The molecule has 0 saturated heterocycles. The summed E-state index contributed by atoms with van der Waals surface area (Å²) in [6.07, 6.45) is -3.22. The number of hydrogen-bond donors (Lipinski definition) is 0. The van der Waals surface area contributed by atoms with Crippen LogP contribution in [0.2, 0.25) is 0 Å². The number of halogens is 3. The predicted molar refractivity (Wildman–Crippen MR) is 153 cm³/mol. The van der Waals surface area contributed by atoms with Crippen LogP contribution in [0.15, 0.2) is 79.0 Å². The van der Waals surface area contributed by atoms with Crippen molar-refractivity contribution in [2.75, 3.05) is 25.0 Å². The van der Waals surface area contributed by atoms with Gasteiger partial charge < -0.3 is 9.80 Å². The normalized spacial score (nSPS) is 14.8. The van der Waals surface area contributed by atoms with E-state index in [4.69, 9.17) is 0 Å². The molecular weight excluding hydrogens is 547 g/mol. The summed E-state index contributed by atoms with van der Waals surface area (Å²) in [6, 6.07) is 20.6. The third-order valence-electron chi connectivity index (χ3n) is 7.26. The van der Waals surface area contributed by atoms with E-state index in [0.29, 0.717) is 34.7 Å². The number of carbonyl (C=O) groups excluding carboxylic acids is 1. The number of thiophene rings is 1. The van der Waals surface area contributed by atoms with E-state index in [1.54, 1.807) is 42.2 Å². The molecule has 0 spiro atoms. The molecule has 1 aliphatic rings. The second kappa shape index (κ2) is 11.3.